The predicted molar refractivity (Wildman–Crippen MR) is 73.4 cm³/mol. The molecule has 0 rings (SSSR count). The summed E-state index contributed by atoms with van der Waals surface area (Å²) in [5.74, 6) is 0. The fourth-order valence-corrected chi connectivity index (χ4v) is 1.77. The van der Waals surface area contributed by atoms with Crippen LogP contribution in [-0.4, -0.2) is 37.5 Å². The Morgan fingerprint density at radius 1 is 1.17 bits per heavy atom. The van der Waals surface area contributed by atoms with Gasteiger partial charge in [-0.1, -0.05) is 0 Å². The van der Waals surface area contributed by atoms with Gasteiger partial charge in [0.2, 0.25) is 0 Å². The van der Waals surface area contributed by atoms with Gasteiger partial charge in [0.15, 0.2) is 0 Å². The van der Waals surface area contributed by atoms with Gasteiger partial charge >= 0.3 is 0 Å². The second kappa shape index (κ2) is 9.32. The van der Waals surface area contributed by atoms with E-state index in [2.05, 4.69) is 25.2 Å². The van der Waals surface area contributed by atoms with Crippen LogP contribution in [0.15, 0.2) is 0 Å². The third kappa shape index (κ3) is 9.41. The molecule has 1 unspecified atom stereocenters. The summed E-state index contributed by atoms with van der Waals surface area (Å²) >= 11 is 0. The molecule has 1 atom stereocenters. The molecule has 0 fully saturated rings. The Hall–Kier alpha value is -0.630. The van der Waals surface area contributed by atoms with E-state index in [0.717, 1.165) is 12.8 Å². The summed E-state index contributed by atoms with van der Waals surface area (Å²) in [6.45, 7) is 12.0. The number of ether oxygens (including phenoxy) is 2. The molecule has 4 nitrogen and oxygen atoms in total. The van der Waals surface area contributed by atoms with Crippen LogP contribution in [0.25, 0.3) is 0 Å². The lowest BCUT2D eigenvalue weighted by atomic mass is 9.97. The molecule has 0 aromatic heterocycles. The van der Waals surface area contributed by atoms with Crippen LogP contribution in [-0.2, 0) is 9.47 Å². The molecule has 1 N–H and O–H groups in total. The Morgan fingerprint density at radius 3 is 2.33 bits per heavy atom. The quantitative estimate of drug-likeness (QED) is 0.610. The van der Waals surface area contributed by atoms with E-state index in [1.165, 1.54) is 0 Å². The third-order valence-corrected chi connectivity index (χ3v) is 2.50. The van der Waals surface area contributed by atoms with Crippen LogP contribution in [0.4, 0.5) is 0 Å². The summed E-state index contributed by atoms with van der Waals surface area (Å²) in [5.41, 5.74) is -0.452. The summed E-state index contributed by atoms with van der Waals surface area (Å²) in [4.78, 5) is 0. The van der Waals surface area contributed by atoms with Crippen molar-refractivity contribution in [3.63, 3.8) is 0 Å². The van der Waals surface area contributed by atoms with E-state index in [9.17, 15) is 0 Å². The minimum absolute atomic E-state index is 0.255. The van der Waals surface area contributed by atoms with Gasteiger partial charge in [-0.15, -0.1) is 0 Å². The van der Waals surface area contributed by atoms with Crippen LogP contribution < -0.4 is 5.32 Å². The van der Waals surface area contributed by atoms with Crippen LogP contribution in [0.1, 0.15) is 47.5 Å². The maximum Gasteiger partial charge on any atom is 0.104 e. The first kappa shape index (κ1) is 17.4. The molecule has 0 bridgehead atoms. The second-order valence-electron chi connectivity index (χ2n) is 5.38. The highest BCUT2D eigenvalue weighted by Gasteiger charge is 2.23. The fraction of sp³-hybridized carbons (Fsp3) is 0.929. The molecule has 0 aliphatic heterocycles. The number of hydrogen-bond donors (Lipinski definition) is 1. The molecule has 18 heavy (non-hydrogen) atoms. The minimum Gasteiger partial charge on any atom is -0.379 e. The molecule has 0 aromatic carbocycles. The van der Waals surface area contributed by atoms with Crippen LogP contribution in [0.5, 0.6) is 0 Å². The van der Waals surface area contributed by atoms with E-state index in [4.69, 9.17) is 14.7 Å². The SMILES string of the molecule is CC(C)NC(C)(C#N)CCCOCCOC(C)C. The topological polar surface area (TPSA) is 54.3 Å². The lowest BCUT2D eigenvalue weighted by molar-refractivity contribution is 0.0180. The van der Waals surface area contributed by atoms with Gasteiger partial charge in [0.1, 0.15) is 5.54 Å². The number of hydrogen-bond acceptors (Lipinski definition) is 4. The zero-order valence-corrected chi connectivity index (χ0v) is 12.5. The average molecular weight is 256 g/mol. The number of nitrogens with one attached hydrogen (secondary N) is 1. The summed E-state index contributed by atoms with van der Waals surface area (Å²) in [6.07, 6.45) is 1.93. The number of rotatable bonds is 10. The lowest BCUT2D eigenvalue weighted by Crippen LogP contribution is -2.45. The van der Waals surface area contributed by atoms with E-state index >= 15 is 0 Å². The zero-order chi connectivity index (χ0) is 14.0. The van der Waals surface area contributed by atoms with Gasteiger partial charge in [0.05, 0.1) is 25.4 Å². The third-order valence-electron chi connectivity index (χ3n) is 2.50. The fourth-order valence-electron chi connectivity index (χ4n) is 1.77. The molecule has 0 heterocycles. The summed E-state index contributed by atoms with van der Waals surface area (Å²) in [6, 6.07) is 2.65. The molecular weight excluding hydrogens is 228 g/mol. The van der Waals surface area contributed by atoms with E-state index in [1.54, 1.807) is 0 Å². The van der Waals surface area contributed by atoms with Gasteiger partial charge in [-0.05, 0) is 47.5 Å². The van der Waals surface area contributed by atoms with Crippen LogP contribution in [0.2, 0.25) is 0 Å². The highest BCUT2D eigenvalue weighted by Crippen LogP contribution is 2.12. The summed E-state index contributed by atoms with van der Waals surface area (Å²) in [7, 11) is 0. The smallest absolute Gasteiger partial charge is 0.104 e. The van der Waals surface area contributed by atoms with Crippen molar-refractivity contribution in [2.75, 3.05) is 19.8 Å². The summed E-state index contributed by atoms with van der Waals surface area (Å²) in [5, 5.41) is 12.4. The monoisotopic (exact) mass is 256 g/mol. The van der Waals surface area contributed by atoms with E-state index in [0.29, 0.717) is 25.9 Å². The van der Waals surface area contributed by atoms with Crippen LogP contribution in [0, 0.1) is 11.3 Å². The minimum atomic E-state index is -0.452. The van der Waals surface area contributed by atoms with Gasteiger partial charge in [-0.3, -0.25) is 5.32 Å². The first-order valence-electron chi connectivity index (χ1n) is 6.78. The molecule has 0 spiro atoms. The molecular formula is C14H28N2O2. The normalized spacial score (nSPS) is 14.8. The molecule has 0 saturated carbocycles. The second-order valence-corrected chi connectivity index (χ2v) is 5.38. The van der Waals surface area contributed by atoms with Crippen molar-refractivity contribution < 1.29 is 9.47 Å². The van der Waals surface area contributed by atoms with Crippen LogP contribution in [0.3, 0.4) is 0 Å². The van der Waals surface area contributed by atoms with Crippen molar-refractivity contribution in [3.8, 4) is 6.07 Å². The molecule has 0 aliphatic rings. The molecule has 0 saturated heterocycles. The number of nitriles is 1. The largest absolute Gasteiger partial charge is 0.379 e. The van der Waals surface area contributed by atoms with Crippen molar-refractivity contribution in [1.82, 2.24) is 5.32 Å². The summed E-state index contributed by atoms with van der Waals surface area (Å²) < 4.78 is 10.8. The molecule has 4 heteroatoms. The molecule has 0 amide bonds. The molecule has 0 aromatic rings. The van der Waals surface area contributed by atoms with Crippen molar-refractivity contribution in [1.29, 1.82) is 5.26 Å². The molecule has 0 aliphatic carbocycles. The van der Waals surface area contributed by atoms with Crippen molar-refractivity contribution in [2.24, 2.45) is 0 Å². The van der Waals surface area contributed by atoms with Gasteiger partial charge in [-0.25, -0.2) is 0 Å². The first-order chi connectivity index (χ1) is 8.39. The standard InChI is InChI=1S/C14H28N2O2/c1-12(2)16-14(5,11-15)7-6-8-17-9-10-18-13(3)4/h12-13,16H,6-10H2,1-5H3. The van der Waals surface area contributed by atoms with Crippen molar-refractivity contribution in [3.05, 3.63) is 0 Å². The van der Waals surface area contributed by atoms with E-state index in [1.807, 2.05) is 20.8 Å². The van der Waals surface area contributed by atoms with Gasteiger partial charge < -0.3 is 9.47 Å². The molecule has 106 valence electrons. The number of nitrogens with zero attached hydrogens (tertiary/aromatic N) is 1. The van der Waals surface area contributed by atoms with Gasteiger partial charge in [0, 0.05) is 12.6 Å². The highest BCUT2D eigenvalue weighted by atomic mass is 16.5. The van der Waals surface area contributed by atoms with Gasteiger partial charge in [0.25, 0.3) is 0 Å². The van der Waals surface area contributed by atoms with Crippen molar-refractivity contribution >= 4 is 0 Å². The lowest BCUT2D eigenvalue weighted by Gasteiger charge is -2.25. The maximum atomic E-state index is 9.16. The Morgan fingerprint density at radius 2 is 1.83 bits per heavy atom. The van der Waals surface area contributed by atoms with E-state index < -0.39 is 5.54 Å². The zero-order valence-electron chi connectivity index (χ0n) is 12.5. The van der Waals surface area contributed by atoms with E-state index in [-0.39, 0.29) is 6.10 Å². The average Bonchev–Trinajstić information content (AvgIpc) is 2.26. The Balaban J connectivity index is 3.60. The van der Waals surface area contributed by atoms with Crippen LogP contribution >= 0.6 is 0 Å². The predicted octanol–water partition coefficient (Wildman–Crippen LogP) is 2.49. The van der Waals surface area contributed by atoms with Crippen molar-refractivity contribution in [2.45, 2.75) is 65.1 Å². The maximum absolute atomic E-state index is 9.16. The first-order valence-corrected chi connectivity index (χ1v) is 6.78. The van der Waals surface area contributed by atoms with Gasteiger partial charge in [-0.2, -0.15) is 5.26 Å². The highest BCUT2D eigenvalue weighted by molar-refractivity contribution is 5.04. The Labute approximate surface area is 112 Å². The Kier molecular flexibility index (Phi) is 8.99. The Bertz CT molecular complexity index is 249. The molecule has 0 radical (unpaired) electrons.